The van der Waals surface area contributed by atoms with Crippen LogP contribution < -0.4 is 5.32 Å². The summed E-state index contributed by atoms with van der Waals surface area (Å²) in [7, 11) is 0. The Morgan fingerprint density at radius 3 is 2.59 bits per heavy atom. The number of amides is 1. The summed E-state index contributed by atoms with van der Waals surface area (Å²) in [5, 5.41) is 12.6. The summed E-state index contributed by atoms with van der Waals surface area (Å²) in [5.74, 6) is 1.99. The molecular formula is C21H32N4OS. The number of hydrogen-bond donors (Lipinski definition) is 1. The third-order valence-electron chi connectivity index (χ3n) is 4.58. The van der Waals surface area contributed by atoms with E-state index in [4.69, 9.17) is 0 Å². The Labute approximate surface area is 167 Å². The molecule has 0 bridgehead atoms. The lowest BCUT2D eigenvalue weighted by Gasteiger charge is -2.14. The van der Waals surface area contributed by atoms with Gasteiger partial charge in [0.2, 0.25) is 5.91 Å². The summed E-state index contributed by atoms with van der Waals surface area (Å²) in [4.78, 5) is 12.3. The van der Waals surface area contributed by atoms with Crippen molar-refractivity contribution in [2.45, 2.75) is 71.6 Å². The maximum atomic E-state index is 12.3. The Hall–Kier alpha value is -1.82. The highest BCUT2D eigenvalue weighted by Crippen LogP contribution is 2.26. The van der Waals surface area contributed by atoms with E-state index in [1.165, 1.54) is 23.7 Å². The Morgan fingerprint density at radius 1 is 1.19 bits per heavy atom. The smallest absolute Gasteiger partial charge is 0.230 e. The van der Waals surface area contributed by atoms with Crippen molar-refractivity contribution in [1.29, 1.82) is 0 Å². The van der Waals surface area contributed by atoms with Crippen LogP contribution in [0.25, 0.3) is 11.4 Å². The lowest BCUT2D eigenvalue weighted by molar-refractivity contribution is -0.119. The summed E-state index contributed by atoms with van der Waals surface area (Å²) < 4.78 is 2.08. The SMILES string of the molecule is CCn1c(SCC(=O)N[C@H](C)CCCC(C)C)nnc1-c1ccccc1C. The van der Waals surface area contributed by atoms with Crippen LogP contribution in [-0.4, -0.2) is 32.5 Å². The third-order valence-corrected chi connectivity index (χ3v) is 5.54. The van der Waals surface area contributed by atoms with Crippen LogP contribution in [-0.2, 0) is 11.3 Å². The minimum atomic E-state index is 0.0557. The molecule has 1 amide bonds. The molecule has 1 heterocycles. The fourth-order valence-corrected chi connectivity index (χ4v) is 3.87. The first-order valence-electron chi connectivity index (χ1n) is 9.83. The van der Waals surface area contributed by atoms with E-state index in [2.05, 4.69) is 66.8 Å². The molecule has 1 aromatic heterocycles. The second-order valence-corrected chi connectivity index (χ2v) is 8.39. The fraction of sp³-hybridized carbons (Fsp3) is 0.571. The number of aryl methyl sites for hydroxylation is 1. The predicted octanol–water partition coefficient (Wildman–Crippen LogP) is 4.70. The van der Waals surface area contributed by atoms with Gasteiger partial charge >= 0.3 is 0 Å². The van der Waals surface area contributed by atoms with Gasteiger partial charge in [0, 0.05) is 18.2 Å². The molecule has 2 rings (SSSR count). The maximum Gasteiger partial charge on any atom is 0.230 e. The van der Waals surface area contributed by atoms with Gasteiger partial charge in [-0.1, -0.05) is 62.7 Å². The zero-order chi connectivity index (χ0) is 19.8. The highest BCUT2D eigenvalue weighted by Gasteiger charge is 2.16. The first kappa shape index (κ1) is 21.5. The van der Waals surface area contributed by atoms with Crippen molar-refractivity contribution in [3.05, 3.63) is 29.8 Å². The van der Waals surface area contributed by atoms with E-state index in [9.17, 15) is 4.79 Å². The average Bonchev–Trinajstić information content (AvgIpc) is 3.02. The molecule has 0 aliphatic heterocycles. The van der Waals surface area contributed by atoms with Crippen LogP contribution in [0.1, 0.15) is 52.5 Å². The number of nitrogens with zero attached hydrogens (tertiary/aromatic N) is 3. The van der Waals surface area contributed by atoms with Crippen molar-refractivity contribution in [2.75, 3.05) is 5.75 Å². The molecule has 0 saturated carbocycles. The second kappa shape index (κ2) is 10.5. The number of thioether (sulfide) groups is 1. The standard InChI is InChI=1S/C21H32N4OS/c1-6-25-20(18-13-8-7-11-16(18)4)23-24-21(25)27-14-19(26)22-17(5)12-9-10-15(2)3/h7-8,11,13,15,17H,6,9-10,12,14H2,1-5H3,(H,22,26)/t17-/m1/s1. The van der Waals surface area contributed by atoms with E-state index in [1.807, 2.05) is 12.1 Å². The minimum absolute atomic E-state index is 0.0557. The topological polar surface area (TPSA) is 59.8 Å². The Kier molecular flexibility index (Phi) is 8.35. The maximum absolute atomic E-state index is 12.3. The number of rotatable bonds is 10. The lowest BCUT2D eigenvalue weighted by atomic mass is 10.0. The Balaban J connectivity index is 1.92. The number of nitrogens with one attached hydrogen (secondary N) is 1. The molecule has 0 aliphatic carbocycles. The molecule has 0 aliphatic rings. The molecule has 0 radical (unpaired) electrons. The normalized spacial score (nSPS) is 12.4. The zero-order valence-corrected chi connectivity index (χ0v) is 18.0. The number of aromatic nitrogens is 3. The van der Waals surface area contributed by atoms with Crippen molar-refractivity contribution in [3.63, 3.8) is 0 Å². The van der Waals surface area contributed by atoms with Crippen LogP contribution in [0.3, 0.4) is 0 Å². The largest absolute Gasteiger partial charge is 0.353 e. The molecule has 0 fully saturated rings. The van der Waals surface area contributed by atoms with Gasteiger partial charge in [-0.05, 0) is 38.7 Å². The molecule has 27 heavy (non-hydrogen) atoms. The summed E-state index contributed by atoms with van der Waals surface area (Å²) in [6.07, 6.45) is 3.38. The minimum Gasteiger partial charge on any atom is -0.353 e. The van der Waals surface area contributed by atoms with Crippen LogP contribution in [0, 0.1) is 12.8 Å². The van der Waals surface area contributed by atoms with Crippen LogP contribution in [0.4, 0.5) is 0 Å². The van der Waals surface area contributed by atoms with Gasteiger partial charge < -0.3 is 9.88 Å². The van der Waals surface area contributed by atoms with Gasteiger partial charge in [-0.2, -0.15) is 0 Å². The molecule has 0 spiro atoms. The molecule has 5 nitrogen and oxygen atoms in total. The monoisotopic (exact) mass is 388 g/mol. The highest BCUT2D eigenvalue weighted by molar-refractivity contribution is 7.99. The van der Waals surface area contributed by atoms with Crippen molar-refractivity contribution in [3.8, 4) is 11.4 Å². The van der Waals surface area contributed by atoms with E-state index in [0.717, 1.165) is 35.9 Å². The quantitative estimate of drug-likeness (QED) is 0.600. The van der Waals surface area contributed by atoms with Gasteiger partial charge in [-0.25, -0.2) is 0 Å². The molecule has 148 valence electrons. The molecule has 6 heteroatoms. The van der Waals surface area contributed by atoms with Gasteiger partial charge in [0.15, 0.2) is 11.0 Å². The summed E-state index contributed by atoms with van der Waals surface area (Å²) in [6.45, 7) is 11.5. The van der Waals surface area contributed by atoms with Gasteiger partial charge in [-0.15, -0.1) is 10.2 Å². The number of benzene rings is 1. The van der Waals surface area contributed by atoms with Crippen LogP contribution in [0.2, 0.25) is 0 Å². The van der Waals surface area contributed by atoms with Crippen LogP contribution in [0.5, 0.6) is 0 Å². The first-order valence-corrected chi connectivity index (χ1v) is 10.8. The van der Waals surface area contributed by atoms with Gasteiger partial charge in [0.1, 0.15) is 0 Å². The summed E-state index contributed by atoms with van der Waals surface area (Å²) in [5.41, 5.74) is 2.26. The van der Waals surface area contributed by atoms with E-state index in [-0.39, 0.29) is 11.9 Å². The Morgan fingerprint density at radius 2 is 1.93 bits per heavy atom. The second-order valence-electron chi connectivity index (χ2n) is 7.45. The number of carbonyl (C=O) groups excluding carboxylic acids is 1. The molecule has 1 N–H and O–H groups in total. The zero-order valence-electron chi connectivity index (χ0n) is 17.2. The average molecular weight is 389 g/mol. The molecular weight excluding hydrogens is 356 g/mol. The number of hydrogen-bond acceptors (Lipinski definition) is 4. The lowest BCUT2D eigenvalue weighted by Crippen LogP contribution is -2.33. The van der Waals surface area contributed by atoms with Crippen molar-refractivity contribution < 1.29 is 4.79 Å². The van der Waals surface area contributed by atoms with Crippen LogP contribution >= 0.6 is 11.8 Å². The third kappa shape index (κ3) is 6.38. The predicted molar refractivity (Wildman–Crippen MR) is 113 cm³/mol. The summed E-state index contributed by atoms with van der Waals surface area (Å²) >= 11 is 1.45. The molecule has 0 unspecified atom stereocenters. The molecule has 0 saturated heterocycles. The highest BCUT2D eigenvalue weighted by atomic mass is 32.2. The van der Waals surface area contributed by atoms with Gasteiger partial charge in [0.05, 0.1) is 5.75 Å². The van der Waals surface area contributed by atoms with Crippen molar-refractivity contribution >= 4 is 17.7 Å². The Bertz CT molecular complexity index is 742. The van der Waals surface area contributed by atoms with Crippen molar-refractivity contribution in [1.82, 2.24) is 20.1 Å². The summed E-state index contributed by atoms with van der Waals surface area (Å²) in [6, 6.07) is 8.38. The van der Waals surface area contributed by atoms with Gasteiger partial charge in [0.25, 0.3) is 0 Å². The van der Waals surface area contributed by atoms with Crippen LogP contribution in [0.15, 0.2) is 29.4 Å². The van der Waals surface area contributed by atoms with Gasteiger partial charge in [-0.3, -0.25) is 4.79 Å². The molecule has 1 aromatic carbocycles. The first-order chi connectivity index (χ1) is 12.9. The van der Waals surface area contributed by atoms with E-state index in [0.29, 0.717) is 11.7 Å². The van der Waals surface area contributed by atoms with Crippen molar-refractivity contribution in [2.24, 2.45) is 5.92 Å². The van der Waals surface area contributed by atoms with E-state index in [1.54, 1.807) is 0 Å². The molecule has 2 aromatic rings. The number of carbonyl (C=O) groups is 1. The molecule has 1 atom stereocenters. The van der Waals surface area contributed by atoms with E-state index >= 15 is 0 Å². The van der Waals surface area contributed by atoms with E-state index < -0.39 is 0 Å². The fourth-order valence-electron chi connectivity index (χ4n) is 3.05.